The highest BCUT2D eigenvalue weighted by molar-refractivity contribution is 5.96. The number of nitrogens with one attached hydrogen (secondary N) is 1. The fourth-order valence-electron chi connectivity index (χ4n) is 2.42. The molecule has 0 spiro atoms. The Kier molecular flexibility index (Phi) is 7.17. The topological polar surface area (TPSA) is 64.6 Å². The lowest BCUT2D eigenvalue weighted by Gasteiger charge is -2.13. The van der Waals surface area contributed by atoms with Gasteiger partial charge in [-0.3, -0.25) is 4.79 Å². The number of hydrogen-bond donors (Lipinski definition) is 1. The number of carbonyl (C=O) groups excluding carboxylic acids is 2. The van der Waals surface area contributed by atoms with E-state index in [-0.39, 0.29) is 5.91 Å². The molecule has 142 valence electrons. The minimum absolute atomic E-state index is 0.383. The quantitative estimate of drug-likeness (QED) is 0.582. The zero-order valence-corrected chi connectivity index (χ0v) is 16.1. The van der Waals surface area contributed by atoms with Gasteiger partial charge in [-0.25, -0.2) is 4.79 Å². The summed E-state index contributed by atoms with van der Waals surface area (Å²) in [6, 6.07) is 14.9. The number of benzene rings is 2. The first kappa shape index (κ1) is 20.2. The van der Waals surface area contributed by atoms with Gasteiger partial charge in [0.05, 0.1) is 7.11 Å². The number of amides is 1. The Morgan fingerprint density at radius 1 is 1.00 bits per heavy atom. The summed E-state index contributed by atoms with van der Waals surface area (Å²) in [4.78, 5) is 24.2. The van der Waals surface area contributed by atoms with E-state index in [0.717, 1.165) is 5.56 Å². The highest BCUT2D eigenvalue weighted by Crippen LogP contribution is 2.19. The van der Waals surface area contributed by atoms with Gasteiger partial charge in [-0.15, -0.1) is 0 Å². The number of para-hydroxylation sites is 1. The smallest absolute Gasteiger partial charge is 0.331 e. The van der Waals surface area contributed by atoms with Gasteiger partial charge in [0, 0.05) is 17.3 Å². The molecule has 0 radical (unpaired) electrons. The summed E-state index contributed by atoms with van der Waals surface area (Å²) in [7, 11) is 1.56. The van der Waals surface area contributed by atoms with Gasteiger partial charge >= 0.3 is 5.97 Å². The van der Waals surface area contributed by atoms with Gasteiger partial charge in [0.25, 0.3) is 5.91 Å². The summed E-state index contributed by atoms with van der Waals surface area (Å²) >= 11 is 0. The lowest BCUT2D eigenvalue weighted by molar-refractivity contribution is -0.148. The van der Waals surface area contributed by atoms with Crippen molar-refractivity contribution in [2.75, 3.05) is 12.4 Å². The van der Waals surface area contributed by atoms with Crippen molar-refractivity contribution in [3.05, 3.63) is 65.7 Å². The second-order valence-electron chi connectivity index (χ2n) is 6.42. The summed E-state index contributed by atoms with van der Waals surface area (Å²) in [6.07, 6.45) is 1.96. The third-order valence-corrected chi connectivity index (χ3v) is 4.04. The van der Waals surface area contributed by atoms with Crippen molar-refractivity contribution in [1.29, 1.82) is 0 Å². The Morgan fingerprint density at radius 3 is 2.30 bits per heavy atom. The number of carbonyl (C=O) groups is 2. The molecule has 0 aliphatic rings. The van der Waals surface area contributed by atoms with Crippen molar-refractivity contribution >= 4 is 23.6 Å². The van der Waals surface area contributed by atoms with E-state index in [0.29, 0.717) is 17.4 Å². The second kappa shape index (κ2) is 9.57. The Bertz CT molecular complexity index is 809. The van der Waals surface area contributed by atoms with Crippen LogP contribution in [0.25, 0.3) is 6.08 Å². The number of esters is 1. The number of methoxy groups -OCH3 is 1. The summed E-state index contributed by atoms with van der Waals surface area (Å²) in [6.45, 7) is 5.74. The third kappa shape index (κ3) is 5.99. The van der Waals surface area contributed by atoms with Crippen molar-refractivity contribution in [3.63, 3.8) is 0 Å². The fraction of sp³-hybridized carbons (Fsp3) is 0.273. The molecule has 0 aliphatic carbocycles. The molecule has 27 heavy (non-hydrogen) atoms. The lowest BCUT2D eigenvalue weighted by atomic mass is 10.0. The van der Waals surface area contributed by atoms with Crippen molar-refractivity contribution < 1.29 is 19.1 Å². The van der Waals surface area contributed by atoms with Crippen LogP contribution in [0.2, 0.25) is 0 Å². The molecule has 1 atom stereocenters. The van der Waals surface area contributed by atoms with E-state index in [1.807, 2.05) is 42.5 Å². The first-order valence-corrected chi connectivity index (χ1v) is 8.83. The molecular weight excluding hydrogens is 342 g/mol. The minimum Gasteiger partial charge on any atom is -0.496 e. The minimum atomic E-state index is -0.912. The van der Waals surface area contributed by atoms with Crippen LogP contribution in [0.5, 0.6) is 5.75 Å². The molecule has 5 heteroatoms. The molecule has 0 saturated carbocycles. The Morgan fingerprint density at radius 2 is 1.67 bits per heavy atom. The molecule has 2 rings (SSSR count). The maximum Gasteiger partial charge on any atom is 0.331 e. The van der Waals surface area contributed by atoms with Gasteiger partial charge in [-0.1, -0.05) is 44.2 Å². The van der Waals surface area contributed by atoms with E-state index in [4.69, 9.17) is 9.47 Å². The first-order valence-electron chi connectivity index (χ1n) is 8.83. The zero-order chi connectivity index (χ0) is 19.8. The van der Waals surface area contributed by atoms with Crippen LogP contribution in [0, 0.1) is 0 Å². The number of ether oxygens (including phenoxy) is 2. The van der Waals surface area contributed by atoms with Crippen LogP contribution in [-0.2, 0) is 14.3 Å². The second-order valence-corrected chi connectivity index (χ2v) is 6.42. The molecule has 0 aromatic heterocycles. The van der Waals surface area contributed by atoms with E-state index in [1.165, 1.54) is 18.6 Å². The molecule has 1 amide bonds. The van der Waals surface area contributed by atoms with E-state index >= 15 is 0 Å². The highest BCUT2D eigenvalue weighted by Gasteiger charge is 2.16. The average molecular weight is 367 g/mol. The molecule has 0 saturated heterocycles. The zero-order valence-electron chi connectivity index (χ0n) is 16.1. The normalized spacial score (nSPS) is 12.0. The standard InChI is InChI=1S/C22H25NO4/c1-15(2)17-9-12-19(13-10-17)23-22(25)16(3)27-21(24)14-11-18-7-5-6-8-20(18)26-4/h5-16H,1-4H3,(H,23,25)/b14-11+/t16-/m0/s1. The number of hydrogen-bond acceptors (Lipinski definition) is 4. The molecule has 1 N–H and O–H groups in total. The summed E-state index contributed by atoms with van der Waals surface area (Å²) in [5.41, 5.74) is 2.60. The molecule has 0 unspecified atom stereocenters. The van der Waals surface area contributed by atoms with Gasteiger partial charge in [0.1, 0.15) is 5.75 Å². The van der Waals surface area contributed by atoms with Gasteiger partial charge < -0.3 is 14.8 Å². The van der Waals surface area contributed by atoms with Crippen LogP contribution >= 0.6 is 0 Å². The highest BCUT2D eigenvalue weighted by atomic mass is 16.5. The summed E-state index contributed by atoms with van der Waals surface area (Å²) in [5, 5.41) is 2.74. The maximum absolute atomic E-state index is 12.2. The summed E-state index contributed by atoms with van der Waals surface area (Å²) < 4.78 is 10.4. The maximum atomic E-state index is 12.2. The molecular formula is C22H25NO4. The van der Waals surface area contributed by atoms with Crippen LogP contribution in [-0.4, -0.2) is 25.1 Å². The molecule has 2 aromatic carbocycles. The van der Waals surface area contributed by atoms with Gasteiger partial charge in [0.2, 0.25) is 0 Å². The number of anilines is 1. The molecule has 5 nitrogen and oxygen atoms in total. The van der Waals surface area contributed by atoms with E-state index < -0.39 is 12.1 Å². The van der Waals surface area contributed by atoms with Crippen LogP contribution in [0.1, 0.15) is 37.8 Å². The van der Waals surface area contributed by atoms with E-state index in [1.54, 1.807) is 19.3 Å². The Labute approximate surface area is 160 Å². The predicted octanol–water partition coefficient (Wildman–Crippen LogP) is 4.40. The van der Waals surface area contributed by atoms with Crippen LogP contribution in [0.15, 0.2) is 54.6 Å². The van der Waals surface area contributed by atoms with Crippen LogP contribution < -0.4 is 10.1 Å². The van der Waals surface area contributed by atoms with Crippen LogP contribution in [0.4, 0.5) is 5.69 Å². The average Bonchev–Trinajstić information content (AvgIpc) is 2.66. The first-order chi connectivity index (χ1) is 12.9. The Hall–Kier alpha value is -3.08. The summed E-state index contributed by atoms with van der Waals surface area (Å²) in [5.74, 6) is 0.0897. The lowest BCUT2D eigenvalue weighted by Crippen LogP contribution is -2.29. The van der Waals surface area contributed by atoms with Crippen LogP contribution in [0.3, 0.4) is 0 Å². The van der Waals surface area contributed by atoms with Gasteiger partial charge in [-0.05, 0) is 42.7 Å². The van der Waals surface area contributed by atoms with Crippen molar-refractivity contribution in [1.82, 2.24) is 0 Å². The molecule has 0 bridgehead atoms. The number of rotatable bonds is 7. The predicted molar refractivity (Wildman–Crippen MR) is 107 cm³/mol. The SMILES string of the molecule is COc1ccccc1/C=C/C(=O)O[C@@H](C)C(=O)Nc1ccc(C(C)C)cc1. The molecule has 0 heterocycles. The van der Waals surface area contributed by atoms with Gasteiger partial charge in [0.15, 0.2) is 6.10 Å². The molecule has 0 fully saturated rings. The monoisotopic (exact) mass is 367 g/mol. The van der Waals surface area contributed by atoms with Crippen molar-refractivity contribution in [2.45, 2.75) is 32.8 Å². The van der Waals surface area contributed by atoms with Crippen molar-refractivity contribution in [2.24, 2.45) is 0 Å². The molecule has 0 aliphatic heterocycles. The third-order valence-electron chi connectivity index (χ3n) is 4.04. The van der Waals surface area contributed by atoms with E-state index in [2.05, 4.69) is 19.2 Å². The fourth-order valence-corrected chi connectivity index (χ4v) is 2.42. The van der Waals surface area contributed by atoms with Crippen molar-refractivity contribution in [3.8, 4) is 5.75 Å². The van der Waals surface area contributed by atoms with Gasteiger partial charge in [-0.2, -0.15) is 0 Å². The largest absolute Gasteiger partial charge is 0.496 e. The van der Waals surface area contributed by atoms with E-state index in [9.17, 15) is 9.59 Å². The Balaban J connectivity index is 1.91. The molecule has 2 aromatic rings.